The van der Waals surface area contributed by atoms with Gasteiger partial charge in [0, 0.05) is 6.54 Å². The Morgan fingerprint density at radius 3 is 2.43 bits per heavy atom. The van der Waals surface area contributed by atoms with Crippen molar-refractivity contribution in [3.05, 3.63) is 11.6 Å². The van der Waals surface area contributed by atoms with E-state index >= 15 is 0 Å². The molecule has 3 N–H and O–H groups in total. The lowest BCUT2D eigenvalue weighted by molar-refractivity contribution is -0.138. The maximum Gasteiger partial charge on any atom is 0.325 e. The number of aliphatic carboxylic acids is 1. The number of nitrogens with one attached hydrogen (secondary N) is 2. The van der Waals surface area contributed by atoms with Gasteiger partial charge in [-0.25, -0.2) is 4.79 Å². The molecule has 5 heteroatoms. The molecule has 0 aromatic heterocycles. The first kappa shape index (κ1) is 12.5. The molecule has 0 unspecified atom stereocenters. The Balaban J connectivity index is 3.77. The highest BCUT2D eigenvalue weighted by molar-refractivity contribution is 5.82. The molecular formula is C9H16N2O3. The minimum absolute atomic E-state index is 0.403. The van der Waals surface area contributed by atoms with Crippen LogP contribution in [0.1, 0.15) is 20.8 Å². The van der Waals surface area contributed by atoms with E-state index in [1.54, 1.807) is 0 Å². The van der Waals surface area contributed by atoms with Crippen molar-refractivity contribution >= 4 is 12.0 Å². The number of hydrogen-bond acceptors (Lipinski definition) is 2. The molecule has 0 aliphatic carbocycles. The molecule has 0 saturated carbocycles. The summed E-state index contributed by atoms with van der Waals surface area (Å²) in [5, 5.41) is 13.3. The third kappa shape index (κ3) is 6.05. The second-order valence-corrected chi connectivity index (χ2v) is 3.20. The van der Waals surface area contributed by atoms with Gasteiger partial charge in [-0.05, 0) is 20.8 Å². The Kier molecular flexibility index (Phi) is 5.36. The fourth-order valence-electron chi connectivity index (χ4n) is 0.657. The van der Waals surface area contributed by atoms with Gasteiger partial charge in [0.1, 0.15) is 6.04 Å². The quantitative estimate of drug-likeness (QED) is 0.585. The maximum atomic E-state index is 11.0. The van der Waals surface area contributed by atoms with Gasteiger partial charge in [0.05, 0.1) is 0 Å². The number of hydrogen-bond donors (Lipinski definition) is 3. The molecule has 2 amide bonds. The van der Waals surface area contributed by atoms with E-state index in [9.17, 15) is 9.59 Å². The van der Waals surface area contributed by atoms with Gasteiger partial charge < -0.3 is 15.7 Å². The molecule has 0 aromatic rings. The summed E-state index contributed by atoms with van der Waals surface area (Å²) in [5.74, 6) is -1.05. The zero-order chi connectivity index (χ0) is 11.1. The Labute approximate surface area is 83.2 Å². The maximum absolute atomic E-state index is 11.0. The summed E-state index contributed by atoms with van der Waals surface area (Å²) in [6.07, 6.45) is 1.84. The van der Waals surface area contributed by atoms with Gasteiger partial charge in [0.2, 0.25) is 0 Å². The number of amides is 2. The average Bonchev–Trinajstić information content (AvgIpc) is 2.02. The highest BCUT2D eigenvalue weighted by Crippen LogP contribution is 1.85. The third-order valence-electron chi connectivity index (χ3n) is 1.49. The summed E-state index contributed by atoms with van der Waals surface area (Å²) in [7, 11) is 0. The average molecular weight is 200 g/mol. The molecule has 0 radical (unpaired) electrons. The number of rotatable bonds is 4. The van der Waals surface area contributed by atoms with Crippen LogP contribution in [0.15, 0.2) is 11.6 Å². The summed E-state index contributed by atoms with van der Waals surface area (Å²) in [5.41, 5.74) is 1.09. The predicted molar refractivity (Wildman–Crippen MR) is 53.1 cm³/mol. The van der Waals surface area contributed by atoms with Crippen molar-refractivity contribution in [1.29, 1.82) is 0 Å². The van der Waals surface area contributed by atoms with Crippen LogP contribution < -0.4 is 10.6 Å². The van der Waals surface area contributed by atoms with Crippen LogP contribution in [-0.4, -0.2) is 29.7 Å². The lowest BCUT2D eigenvalue weighted by Crippen LogP contribution is -2.44. The van der Waals surface area contributed by atoms with Crippen LogP contribution in [-0.2, 0) is 4.79 Å². The Morgan fingerprint density at radius 1 is 1.43 bits per heavy atom. The van der Waals surface area contributed by atoms with E-state index in [0.29, 0.717) is 6.54 Å². The molecule has 80 valence electrons. The van der Waals surface area contributed by atoms with Gasteiger partial charge in [-0.15, -0.1) is 0 Å². The Hall–Kier alpha value is -1.52. The van der Waals surface area contributed by atoms with Crippen molar-refractivity contribution in [3.63, 3.8) is 0 Å². The van der Waals surface area contributed by atoms with E-state index in [0.717, 1.165) is 5.57 Å². The van der Waals surface area contributed by atoms with Crippen LogP contribution in [0.5, 0.6) is 0 Å². The summed E-state index contributed by atoms with van der Waals surface area (Å²) < 4.78 is 0. The summed E-state index contributed by atoms with van der Waals surface area (Å²) in [6.45, 7) is 5.64. The van der Waals surface area contributed by atoms with E-state index in [2.05, 4.69) is 10.6 Å². The van der Waals surface area contributed by atoms with Gasteiger partial charge >= 0.3 is 12.0 Å². The van der Waals surface area contributed by atoms with Crippen molar-refractivity contribution in [2.75, 3.05) is 6.54 Å². The number of allylic oxidation sites excluding steroid dienone is 1. The zero-order valence-electron chi connectivity index (χ0n) is 8.63. The van der Waals surface area contributed by atoms with Crippen LogP contribution >= 0.6 is 0 Å². The summed E-state index contributed by atoms with van der Waals surface area (Å²) >= 11 is 0. The van der Waals surface area contributed by atoms with Crippen LogP contribution in [0.2, 0.25) is 0 Å². The zero-order valence-corrected chi connectivity index (χ0v) is 8.63. The second-order valence-electron chi connectivity index (χ2n) is 3.20. The van der Waals surface area contributed by atoms with Crippen molar-refractivity contribution in [2.24, 2.45) is 0 Å². The van der Waals surface area contributed by atoms with Crippen LogP contribution in [0.25, 0.3) is 0 Å². The predicted octanol–water partition coefficient (Wildman–Crippen LogP) is 0.725. The van der Waals surface area contributed by atoms with Gasteiger partial charge in [-0.3, -0.25) is 4.79 Å². The van der Waals surface area contributed by atoms with Crippen molar-refractivity contribution in [1.82, 2.24) is 10.6 Å². The molecule has 0 aliphatic rings. The molecule has 0 spiro atoms. The van der Waals surface area contributed by atoms with Gasteiger partial charge in [-0.1, -0.05) is 11.6 Å². The van der Waals surface area contributed by atoms with E-state index < -0.39 is 18.0 Å². The van der Waals surface area contributed by atoms with Crippen LogP contribution in [0.3, 0.4) is 0 Å². The fraction of sp³-hybridized carbons (Fsp3) is 0.556. The number of carboxylic acids is 1. The molecule has 1 atom stereocenters. The first-order chi connectivity index (χ1) is 6.43. The first-order valence-electron chi connectivity index (χ1n) is 4.34. The standard InChI is InChI=1S/C9H16N2O3/c1-6(2)4-5-10-9(14)11-7(3)8(12)13/h4,7H,5H2,1-3H3,(H,12,13)(H2,10,11,14)/t7-/m1/s1. The lowest BCUT2D eigenvalue weighted by Gasteiger charge is -2.09. The number of carbonyl (C=O) groups excluding carboxylic acids is 1. The van der Waals surface area contributed by atoms with Crippen LogP contribution in [0, 0.1) is 0 Å². The molecule has 0 aromatic carbocycles. The Bertz CT molecular complexity index is 244. The molecule has 14 heavy (non-hydrogen) atoms. The monoisotopic (exact) mass is 200 g/mol. The lowest BCUT2D eigenvalue weighted by atomic mass is 10.3. The fourth-order valence-corrected chi connectivity index (χ4v) is 0.657. The van der Waals surface area contributed by atoms with Gasteiger partial charge in [-0.2, -0.15) is 0 Å². The van der Waals surface area contributed by atoms with E-state index in [4.69, 9.17) is 5.11 Å². The Morgan fingerprint density at radius 2 is 2.00 bits per heavy atom. The number of carbonyl (C=O) groups is 2. The normalized spacial score (nSPS) is 11.4. The van der Waals surface area contributed by atoms with Crippen molar-refractivity contribution in [2.45, 2.75) is 26.8 Å². The number of urea groups is 1. The highest BCUT2D eigenvalue weighted by Gasteiger charge is 2.12. The highest BCUT2D eigenvalue weighted by atomic mass is 16.4. The molecule has 0 saturated heterocycles. The number of carboxylic acid groups (broad SMARTS) is 1. The van der Waals surface area contributed by atoms with Crippen LogP contribution in [0.4, 0.5) is 4.79 Å². The van der Waals surface area contributed by atoms with Gasteiger partial charge in [0.25, 0.3) is 0 Å². The van der Waals surface area contributed by atoms with Crippen molar-refractivity contribution in [3.8, 4) is 0 Å². The molecule has 0 bridgehead atoms. The molecular weight excluding hydrogens is 184 g/mol. The molecule has 0 rings (SSSR count). The second kappa shape index (κ2) is 6.01. The minimum Gasteiger partial charge on any atom is -0.480 e. The van der Waals surface area contributed by atoms with E-state index in [1.807, 2.05) is 19.9 Å². The molecule has 0 fully saturated rings. The minimum atomic E-state index is -1.05. The van der Waals surface area contributed by atoms with E-state index in [-0.39, 0.29) is 0 Å². The summed E-state index contributed by atoms with van der Waals surface area (Å²) in [4.78, 5) is 21.4. The first-order valence-corrected chi connectivity index (χ1v) is 4.34. The molecule has 5 nitrogen and oxygen atoms in total. The topological polar surface area (TPSA) is 78.4 Å². The largest absolute Gasteiger partial charge is 0.480 e. The smallest absolute Gasteiger partial charge is 0.325 e. The molecule has 0 aliphatic heterocycles. The summed E-state index contributed by atoms with van der Waals surface area (Å²) in [6, 6.07) is -1.35. The van der Waals surface area contributed by atoms with Crippen molar-refractivity contribution < 1.29 is 14.7 Å². The van der Waals surface area contributed by atoms with E-state index in [1.165, 1.54) is 6.92 Å². The molecule has 0 heterocycles. The third-order valence-corrected chi connectivity index (χ3v) is 1.49. The SMILES string of the molecule is CC(C)=CCNC(=O)N[C@H](C)C(=O)O. The van der Waals surface area contributed by atoms with Gasteiger partial charge in [0.15, 0.2) is 0 Å².